The number of carbonyl (C=O) groups excluding carboxylic acids is 1. The van der Waals surface area contributed by atoms with E-state index >= 15 is 0 Å². The molecule has 22 heavy (non-hydrogen) atoms. The molecule has 1 aromatic heterocycles. The van der Waals surface area contributed by atoms with E-state index in [0.29, 0.717) is 18.1 Å². The molecule has 2 aromatic rings. The number of amides is 1. The molecule has 1 aromatic carbocycles. The fourth-order valence-electron chi connectivity index (χ4n) is 1.84. The number of nitro groups is 1. The maximum Gasteiger partial charge on any atom is 0.287 e. The van der Waals surface area contributed by atoms with E-state index in [1.165, 1.54) is 18.2 Å². The van der Waals surface area contributed by atoms with Crippen molar-refractivity contribution in [3.63, 3.8) is 0 Å². The van der Waals surface area contributed by atoms with Gasteiger partial charge in [0, 0.05) is 18.6 Å². The molecule has 0 saturated heterocycles. The number of halogens is 1. The summed E-state index contributed by atoms with van der Waals surface area (Å²) >= 11 is 5.80. The van der Waals surface area contributed by atoms with Gasteiger partial charge in [-0.3, -0.25) is 14.9 Å². The minimum absolute atomic E-state index is 0.0962. The third kappa shape index (κ3) is 3.40. The van der Waals surface area contributed by atoms with E-state index in [-0.39, 0.29) is 16.3 Å². The standard InChI is InChI=1S/C13H13ClN4O4/c1-3-10(12-15-7(2)22-17-12)16-13(19)8-4-5-11(18(20)21)9(14)6-8/h4-6,10H,3H2,1-2H3,(H,16,19). The van der Waals surface area contributed by atoms with Crippen LogP contribution in [0.4, 0.5) is 5.69 Å². The summed E-state index contributed by atoms with van der Waals surface area (Å²) in [7, 11) is 0. The second-order valence-electron chi connectivity index (χ2n) is 4.53. The van der Waals surface area contributed by atoms with Crippen LogP contribution in [0.1, 0.15) is 41.5 Å². The fourth-order valence-corrected chi connectivity index (χ4v) is 2.09. The Bertz CT molecular complexity index is 716. The first-order valence-corrected chi connectivity index (χ1v) is 6.85. The van der Waals surface area contributed by atoms with Gasteiger partial charge < -0.3 is 9.84 Å². The molecule has 1 unspecified atom stereocenters. The van der Waals surface area contributed by atoms with Crippen molar-refractivity contribution < 1.29 is 14.2 Å². The highest BCUT2D eigenvalue weighted by molar-refractivity contribution is 6.33. The number of nitro benzene ring substituents is 1. The molecular weight excluding hydrogens is 312 g/mol. The summed E-state index contributed by atoms with van der Waals surface area (Å²) in [6.07, 6.45) is 0.561. The summed E-state index contributed by atoms with van der Waals surface area (Å²) in [6, 6.07) is 3.37. The van der Waals surface area contributed by atoms with Gasteiger partial charge in [0.2, 0.25) is 5.89 Å². The smallest absolute Gasteiger partial charge is 0.287 e. The van der Waals surface area contributed by atoms with Crippen molar-refractivity contribution >= 4 is 23.2 Å². The number of aromatic nitrogens is 2. The van der Waals surface area contributed by atoms with Gasteiger partial charge in [0.15, 0.2) is 5.82 Å². The van der Waals surface area contributed by atoms with Crippen LogP contribution < -0.4 is 5.32 Å². The van der Waals surface area contributed by atoms with Crippen LogP contribution in [0.25, 0.3) is 0 Å². The molecule has 0 radical (unpaired) electrons. The van der Waals surface area contributed by atoms with Gasteiger partial charge >= 0.3 is 0 Å². The molecule has 1 N–H and O–H groups in total. The second-order valence-corrected chi connectivity index (χ2v) is 4.94. The van der Waals surface area contributed by atoms with Gasteiger partial charge in [-0.2, -0.15) is 4.98 Å². The van der Waals surface area contributed by atoms with Crippen LogP contribution in [0.3, 0.4) is 0 Å². The number of aryl methyl sites for hydroxylation is 1. The molecule has 0 aliphatic heterocycles. The van der Waals surface area contributed by atoms with Gasteiger partial charge in [0.05, 0.1) is 11.0 Å². The Labute approximate surface area is 130 Å². The maximum absolute atomic E-state index is 12.2. The Morgan fingerprint density at radius 2 is 2.27 bits per heavy atom. The molecule has 1 atom stereocenters. The number of rotatable bonds is 5. The topological polar surface area (TPSA) is 111 Å². The summed E-state index contributed by atoms with van der Waals surface area (Å²) < 4.78 is 4.89. The Balaban J connectivity index is 2.17. The average Bonchev–Trinajstić information content (AvgIpc) is 2.90. The van der Waals surface area contributed by atoms with E-state index in [4.69, 9.17) is 16.1 Å². The Hall–Kier alpha value is -2.48. The number of nitrogens with zero attached hydrogens (tertiary/aromatic N) is 3. The quantitative estimate of drug-likeness (QED) is 0.668. The van der Waals surface area contributed by atoms with E-state index < -0.39 is 16.9 Å². The van der Waals surface area contributed by atoms with Crippen LogP contribution in [0.2, 0.25) is 5.02 Å². The second kappa shape index (κ2) is 6.52. The van der Waals surface area contributed by atoms with Crippen molar-refractivity contribution in [1.29, 1.82) is 0 Å². The summed E-state index contributed by atoms with van der Waals surface area (Å²) in [4.78, 5) is 26.4. The monoisotopic (exact) mass is 324 g/mol. The molecule has 9 heteroatoms. The van der Waals surface area contributed by atoms with E-state index in [1.54, 1.807) is 6.92 Å². The Morgan fingerprint density at radius 3 is 2.77 bits per heavy atom. The number of benzene rings is 1. The highest BCUT2D eigenvalue weighted by Crippen LogP contribution is 2.25. The van der Waals surface area contributed by atoms with E-state index in [9.17, 15) is 14.9 Å². The molecule has 0 bridgehead atoms. The zero-order chi connectivity index (χ0) is 16.3. The molecule has 0 spiro atoms. The molecule has 0 aliphatic rings. The molecule has 1 heterocycles. The average molecular weight is 325 g/mol. The van der Waals surface area contributed by atoms with Crippen molar-refractivity contribution in [3.05, 3.63) is 50.6 Å². The summed E-state index contributed by atoms with van der Waals surface area (Å²) in [6.45, 7) is 3.51. The fraction of sp³-hybridized carbons (Fsp3) is 0.308. The van der Waals surface area contributed by atoms with Crippen LogP contribution >= 0.6 is 11.6 Å². The molecule has 0 fully saturated rings. The zero-order valence-electron chi connectivity index (χ0n) is 11.9. The molecule has 1 amide bonds. The predicted octanol–water partition coefficient (Wildman–Crippen LogP) is 2.82. The van der Waals surface area contributed by atoms with Crippen molar-refractivity contribution in [2.75, 3.05) is 0 Å². The lowest BCUT2D eigenvalue weighted by atomic mass is 10.1. The van der Waals surface area contributed by atoms with Crippen LogP contribution in [0.5, 0.6) is 0 Å². The lowest BCUT2D eigenvalue weighted by Crippen LogP contribution is -2.28. The zero-order valence-corrected chi connectivity index (χ0v) is 12.6. The number of nitrogens with one attached hydrogen (secondary N) is 1. The third-order valence-corrected chi connectivity index (χ3v) is 3.28. The summed E-state index contributed by atoms with van der Waals surface area (Å²) in [5.41, 5.74) is -0.0340. The summed E-state index contributed by atoms with van der Waals surface area (Å²) in [5, 5.41) is 17.1. The van der Waals surface area contributed by atoms with Crippen molar-refractivity contribution in [2.24, 2.45) is 0 Å². The van der Waals surface area contributed by atoms with Gasteiger partial charge in [-0.1, -0.05) is 23.7 Å². The number of hydrogen-bond acceptors (Lipinski definition) is 6. The number of hydrogen-bond donors (Lipinski definition) is 1. The largest absolute Gasteiger partial charge is 0.342 e. The highest BCUT2D eigenvalue weighted by Gasteiger charge is 2.20. The molecule has 8 nitrogen and oxygen atoms in total. The third-order valence-electron chi connectivity index (χ3n) is 2.98. The Kier molecular flexibility index (Phi) is 4.71. The van der Waals surface area contributed by atoms with Crippen molar-refractivity contribution in [2.45, 2.75) is 26.3 Å². The van der Waals surface area contributed by atoms with Crippen LogP contribution in [-0.4, -0.2) is 21.0 Å². The first-order valence-electron chi connectivity index (χ1n) is 6.47. The first kappa shape index (κ1) is 15.9. The molecular formula is C13H13ClN4O4. The molecule has 0 saturated carbocycles. The molecule has 0 aliphatic carbocycles. The van der Waals surface area contributed by atoms with Gasteiger partial charge in [-0.15, -0.1) is 0 Å². The van der Waals surface area contributed by atoms with Gasteiger partial charge in [0.25, 0.3) is 11.6 Å². The maximum atomic E-state index is 12.2. The van der Waals surface area contributed by atoms with E-state index in [1.807, 2.05) is 6.92 Å². The molecule has 2 rings (SSSR count). The normalized spacial score (nSPS) is 12.0. The summed E-state index contributed by atoms with van der Waals surface area (Å²) in [5.74, 6) is 0.355. The molecule has 116 valence electrons. The van der Waals surface area contributed by atoms with E-state index in [2.05, 4.69) is 15.5 Å². The van der Waals surface area contributed by atoms with Gasteiger partial charge in [-0.25, -0.2) is 0 Å². The highest BCUT2D eigenvalue weighted by atomic mass is 35.5. The van der Waals surface area contributed by atoms with E-state index in [0.717, 1.165) is 0 Å². The van der Waals surface area contributed by atoms with Crippen LogP contribution in [-0.2, 0) is 0 Å². The lowest BCUT2D eigenvalue weighted by Gasteiger charge is -2.13. The lowest BCUT2D eigenvalue weighted by molar-refractivity contribution is -0.384. The minimum Gasteiger partial charge on any atom is -0.342 e. The number of carbonyl (C=O) groups is 1. The first-order chi connectivity index (χ1) is 10.4. The predicted molar refractivity (Wildman–Crippen MR) is 77.6 cm³/mol. The van der Waals surface area contributed by atoms with Gasteiger partial charge in [0.1, 0.15) is 5.02 Å². The van der Waals surface area contributed by atoms with Crippen molar-refractivity contribution in [3.8, 4) is 0 Å². The minimum atomic E-state index is -0.610. The Morgan fingerprint density at radius 1 is 1.55 bits per heavy atom. The SMILES string of the molecule is CCC(NC(=O)c1ccc([N+](=O)[O-])c(Cl)c1)c1noc(C)n1. The van der Waals surface area contributed by atoms with Crippen molar-refractivity contribution in [1.82, 2.24) is 15.5 Å². The van der Waals surface area contributed by atoms with Crippen LogP contribution in [0.15, 0.2) is 22.7 Å². The van der Waals surface area contributed by atoms with Gasteiger partial charge in [-0.05, 0) is 18.6 Å². The van der Waals surface area contributed by atoms with Crippen LogP contribution in [0, 0.1) is 17.0 Å².